The molecule has 4 heterocycles. The van der Waals surface area contributed by atoms with Gasteiger partial charge in [0.15, 0.2) is 17.2 Å². The van der Waals surface area contributed by atoms with Crippen LogP contribution in [0.25, 0.3) is 33.5 Å². The maximum atomic E-state index is 14.9. The minimum atomic E-state index is -1.04. The topological polar surface area (TPSA) is 73.9 Å². The summed E-state index contributed by atoms with van der Waals surface area (Å²) in [5, 5.41) is 9.71. The molecule has 1 aromatic carbocycles. The van der Waals surface area contributed by atoms with E-state index in [9.17, 15) is 8.78 Å². The first-order valence-electron chi connectivity index (χ1n) is 9.48. The van der Waals surface area contributed by atoms with Crippen molar-refractivity contribution in [1.29, 1.82) is 0 Å². The molecule has 1 aliphatic heterocycles. The number of benzene rings is 1. The fourth-order valence-electron chi connectivity index (χ4n) is 3.83. The van der Waals surface area contributed by atoms with Crippen molar-refractivity contribution < 1.29 is 13.5 Å². The summed E-state index contributed by atoms with van der Waals surface area (Å²) in [4.78, 5) is 11.0. The third-order valence-electron chi connectivity index (χ3n) is 5.47. The molecule has 0 aliphatic carbocycles. The van der Waals surface area contributed by atoms with Crippen molar-refractivity contribution in [2.75, 3.05) is 25.1 Å². The van der Waals surface area contributed by atoms with E-state index in [4.69, 9.17) is 4.74 Å². The number of fused-ring (bicyclic) bond motifs is 1. The Morgan fingerprint density at radius 1 is 1.00 bits per heavy atom. The van der Waals surface area contributed by atoms with Gasteiger partial charge in [-0.25, -0.2) is 19.0 Å². The van der Waals surface area contributed by atoms with Gasteiger partial charge in [-0.3, -0.25) is 4.68 Å². The summed E-state index contributed by atoms with van der Waals surface area (Å²) in [7, 11) is 4.77. The highest BCUT2D eigenvalue weighted by Gasteiger charge is 2.28. The van der Waals surface area contributed by atoms with Gasteiger partial charge in [-0.15, -0.1) is 0 Å². The lowest BCUT2D eigenvalue weighted by Gasteiger charge is -2.32. The van der Waals surface area contributed by atoms with E-state index in [2.05, 4.69) is 25.1 Å². The monoisotopic (exact) mass is 411 g/mol. The highest BCUT2D eigenvalue weighted by Crippen LogP contribution is 2.40. The largest absolute Gasteiger partial charge is 0.494 e. The molecule has 3 aromatic heterocycles. The Morgan fingerprint density at radius 2 is 1.80 bits per heavy atom. The van der Waals surface area contributed by atoms with Gasteiger partial charge < -0.3 is 9.64 Å². The van der Waals surface area contributed by atoms with Crippen LogP contribution in [0.3, 0.4) is 0 Å². The average molecular weight is 411 g/mol. The molecule has 1 saturated heterocycles. The van der Waals surface area contributed by atoms with E-state index in [-0.39, 0.29) is 11.3 Å². The molecule has 5 rings (SSSR count). The zero-order chi connectivity index (χ0) is 21.0. The second kappa shape index (κ2) is 6.75. The third kappa shape index (κ3) is 2.56. The summed E-state index contributed by atoms with van der Waals surface area (Å²) < 4.78 is 37.4. The summed E-state index contributed by atoms with van der Waals surface area (Å²) >= 11 is 0. The van der Waals surface area contributed by atoms with Crippen LogP contribution >= 0.6 is 0 Å². The van der Waals surface area contributed by atoms with Crippen molar-refractivity contribution in [3.63, 3.8) is 0 Å². The highest BCUT2D eigenvalue weighted by atomic mass is 19.2. The predicted octanol–water partition coefficient (Wildman–Crippen LogP) is 2.93. The average Bonchev–Trinajstić information content (AvgIpc) is 3.23. The van der Waals surface area contributed by atoms with E-state index in [0.29, 0.717) is 22.6 Å². The number of nitrogens with zero attached hydrogens (tertiary/aromatic N) is 7. The molecule has 8 nitrogen and oxygen atoms in total. The number of halogens is 2. The predicted molar refractivity (Wildman–Crippen MR) is 107 cm³/mol. The van der Waals surface area contributed by atoms with Gasteiger partial charge >= 0.3 is 0 Å². The number of aryl methyl sites for hydroxylation is 2. The van der Waals surface area contributed by atoms with E-state index in [1.807, 2.05) is 0 Å². The summed E-state index contributed by atoms with van der Waals surface area (Å²) in [6, 6.07) is 2.88. The Labute approximate surface area is 170 Å². The number of aromatic nitrogens is 6. The van der Waals surface area contributed by atoms with Crippen molar-refractivity contribution >= 4 is 16.9 Å². The number of methoxy groups -OCH3 is 1. The zero-order valence-corrected chi connectivity index (χ0v) is 16.7. The van der Waals surface area contributed by atoms with Crippen LogP contribution in [-0.4, -0.2) is 49.7 Å². The fourth-order valence-corrected chi connectivity index (χ4v) is 3.83. The van der Waals surface area contributed by atoms with Crippen molar-refractivity contribution in [2.24, 2.45) is 14.1 Å². The first-order valence-corrected chi connectivity index (χ1v) is 9.48. The molecule has 0 unspecified atom stereocenters. The van der Waals surface area contributed by atoms with E-state index >= 15 is 0 Å². The summed E-state index contributed by atoms with van der Waals surface area (Å²) in [6.45, 7) is 1.80. The minimum absolute atomic E-state index is 0.0736. The standard InChI is InChI=1S/C20H19F2N7O/c1-27-18(11-5-6-13(30-3)16(22)15(11)21)12(9-25-27)17-14-19(28(2)26-17)23-10-24-20(14)29-7-4-8-29/h5-6,9-10H,4,7-8H2,1-3H3. The maximum Gasteiger partial charge on any atom is 0.201 e. The molecule has 0 radical (unpaired) electrons. The molecule has 30 heavy (non-hydrogen) atoms. The lowest BCUT2D eigenvalue weighted by Crippen LogP contribution is -2.37. The molecule has 0 spiro atoms. The van der Waals surface area contributed by atoms with Gasteiger partial charge in [0.1, 0.15) is 17.8 Å². The second-order valence-electron chi connectivity index (χ2n) is 7.18. The molecule has 1 fully saturated rings. The third-order valence-corrected chi connectivity index (χ3v) is 5.47. The number of ether oxygens (including phenoxy) is 1. The van der Waals surface area contributed by atoms with Gasteiger partial charge in [-0.1, -0.05) is 0 Å². The normalized spacial score (nSPS) is 13.7. The molecular weight excluding hydrogens is 392 g/mol. The van der Waals surface area contributed by atoms with Gasteiger partial charge in [-0.2, -0.15) is 14.6 Å². The van der Waals surface area contributed by atoms with Crippen LogP contribution in [0.4, 0.5) is 14.6 Å². The first kappa shape index (κ1) is 18.5. The first-order chi connectivity index (χ1) is 14.5. The van der Waals surface area contributed by atoms with Crippen molar-refractivity contribution in [3.8, 4) is 28.3 Å². The maximum absolute atomic E-state index is 14.9. The molecule has 0 saturated carbocycles. The van der Waals surface area contributed by atoms with Crippen LogP contribution in [0, 0.1) is 11.6 Å². The summed E-state index contributed by atoms with van der Waals surface area (Å²) in [5.41, 5.74) is 2.30. The zero-order valence-electron chi connectivity index (χ0n) is 16.7. The van der Waals surface area contributed by atoms with Crippen LogP contribution in [-0.2, 0) is 14.1 Å². The highest BCUT2D eigenvalue weighted by molar-refractivity contribution is 6.02. The van der Waals surface area contributed by atoms with Crippen LogP contribution in [0.5, 0.6) is 5.75 Å². The van der Waals surface area contributed by atoms with Crippen molar-refractivity contribution in [1.82, 2.24) is 29.5 Å². The molecule has 154 valence electrons. The Kier molecular flexibility index (Phi) is 4.16. The van der Waals surface area contributed by atoms with Crippen molar-refractivity contribution in [2.45, 2.75) is 6.42 Å². The van der Waals surface area contributed by atoms with Gasteiger partial charge in [-0.05, 0) is 18.6 Å². The van der Waals surface area contributed by atoms with Crippen LogP contribution in [0.1, 0.15) is 6.42 Å². The van der Waals surface area contributed by atoms with Crippen molar-refractivity contribution in [3.05, 3.63) is 36.3 Å². The summed E-state index contributed by atoms with van der Waals surface area (Å²) in [6.07, 6.45) is 4.21. The molecule has 0 amide bonds. The van der Waals surface area contributed by atoms with Crippen LogP contribution < -0.4 is 9.64 Å². The molecule has 4 aromatic rings. The molecule has 0 N–H and O–H groups in total. The van der Waals surface area contributed by atoms with E-state index in [0.717, 1.165) is 30.7 Å². The van der Waals surface area contributed by atoms with Crippen LogP contribution in [0.2, 0.25) is 0 Å². The quantitative estimate of drug-likeness (QED) is 0.514. The second-order valence-corrected chi connectivity index (χ2v) is 7.18. The van der Waals surface area contributed by atoms with E-state index in [1.165, 1.54) is 30.3 Å². The van der Waals surface area contributed by atoms with Gasteiger partial charge in [0.05, 0.1) is 24.4 Å². The van der Waals surface area contributed by atoms with E-state index in [1.54, 1.807) is 25.0 Å². The van der Waals surface area contributed by atoms with Gasteiger partial charge in [0, 0.05) is 38.3 Å². The number of rotatable bonds is 4. The Balaban J connectivity index is 1.77. The number of hydrogen-bond acceptors (Lipinski definition) is 6. The molecule has 0 bridgehead atoms. The molecule has 10 heteroatoms. The van der Waals surface area contributed by atoms with E-state index < -0.39 is 11.6 Å². The minimum Gasteiger partial charge on any atom is -0.494 e. The Morgan fingerprint density at radius 3 is 2.50 bits per heavy atom. The van der Waals surface area contributed by atoms with Crippen LogP contribution in [0.15, 0.2) is 24.7 Å². The fraction of sp³-hybridized carbons (Fsp3) is 0.300. The lowest BCUT2D eigenvalue weighted by atomic mass is 10.0. The SMILES string of the molecule is COc1ccc(-c2c(-c3nn(C)c4ncnc(N5CCC5)c34)cnn2C)c(F)c1F. The molecule has 0 atom stereocenters. The van der Waals surface area contributed by atoms with Gasteiger partial charge in [0.25, 0.3) is 0 Å². The molecule has 1 aliphatic rings. The Bertz CT molecular complexity index is 1280. The number of hydrogen-bond donors (Lipinski definition) is 0. The molecular formula is C20H19F2N7O. The number of anilines is 1. The van der Waals surface area contributed by atoms with Gasteiger partial charge in [0.2, 0.25) is 5.82 Å². The smallest absolute Gasteiger partial charge is 0.201 e. The lowest BCUT2D eigenvalue weighted by molar-refractivity contribution is 0.372. The Hall–Kier alpha value is -3.56. The summed E-state index contributed by atoms with van der Waals surface area (Å²) in [5.74, 6) is -1.42.